The number of benzene rings is 2. The number of thiazole rings is 1. The Morgan fingerprint density at radius 1 is 1.06 bits per heavy atom. The summed E-state index contributed by atoms with van der Waals surface area (Å²) >= 11 is 13.1. The number of aromatic nitrogens is 1. The van der Waals surface area contributed by atoms with Crippen LogP contribution >= 0.6 is 34.5 Å². The maximum atomic E-state index is 13.0. The third-order valence-electron chi connectivity index (χ3n) is 4.62. The van der Waals surface area contributed by atoms with Gasteiger partial charge in [0.05, 0.1) is 28.8 Å². The standard InChI is InChI=1S/C23H21Cl2FN4O4S/c1-34-9-8-30(22(33)14-2-7-18(24)19(25)10-14)12-21(32)29-23-28-17(13-35-23)11-20(31)27-16-5-3-15(26)4-6-16/h2-7,10,13H,8-9,11-12H2,1H3,(H,27,31)(H,28,29,32). The Kier molecular flexibility index (Phi) is 9.55. The summed E-state index contributed by atoms with van der Waals surface area (Å²) in [7, 11) is 1.49. The quantitative estimate of drug-likeness (QED) is 0.395. The van der Waals surface area contributed by atoms with Gasteiger partial charge in [0.15, 0.2) is 5.13 Å². The Bertz CT molecular complexity index is 1210. The third kappa shape index (κ3) is 8.00. The van der Waals surface area contributed by atoms with E-state index in [1.165, 1.54) is 54.5 Å². The molecule has 0 aliphatic carbocycles. The van der Waals surface area contributed by atoms with Gasteiger partial charge in [-0.15, -0.1) is 11.3 Å². The highest BCUT2D eigenvalue weighted by molar-refractivity contribution is 7.13. The number of nitrogens with one attached hydrogen (secondary N) is 2. The molecule has 35 heavy (non-hydrogen) atoms. The van der Waals surface area contributed by atoms with Crippen LogP contribution in [-0.2, 0) is 20.7 Å². The maximum absolute atomic E-state index is 13.0. The fraction of sp³-hybridized carbons (Fsp3) is 0.217. The molecular weight excluding hydrogens is 518 g/mol. The second kappa shape index (κ2) is 12.6. The molecule has 2 N–H and O–H groups in total. The van der Waals surface area contributed by atoms with Gasteiger partial charge in [0, 0.05) is 30.3 Å². The van der Waals surface area contributed by atoms with Crippen LogP contribution in [0, 0.1) is 5.82 Å². The Balaban J connectivity index is 1.58. The van der Waals surface area contributed by atoms with E-state index < -0.39 is 17.6 Å². The van der Waals surface area contributed by atoms with E-state index >= 15 is 0 Å². The first kappa shape index (κ1) is 26.6. The largest absolute Gasteiger partial charge is 0.383 e. The summed E-state index contributed by atoms with van der Waals surface area (Å²) in [4.78, 5) is 43.3. The van der Waals surface area contributed by atoms with Crippen LogP contribution in [0.5, 0.6) is 0 Å². The number of ether oxygens (including phenoxy) is 1. The van der Waals surface area contributed by atoms with Crippen molar-refractivity contribution < 1.29 is 23.5 Å². The minimum Gasteiger partial charge on any atom is -0.383 e. The van der Waals surface area contributed by atoms with E-state index in [0.29, 0.717) is 16.4 Å². The number of nitrogens with zero attached hydrogens (tertiary/aromatic N) is 2. The van der Waals surface area contributed by atoms with Crippen molar-refractivity contribution in [3.63, 3.8) is 0 Å². The molecule has 0 aliphatic heterocycles. The fourth-order valence-corrected chi connectivity index (χ4v) is 3.97. The van der Waals surface area contributed by atoms with E-state index in [1.54, 1.807) is 5.38 Å². The predicted molar refractivity (Wildman–Crippen MR) is 134 cm³/mol. The lowest BCUT2D eigenvalue weighted by molar-refractivity contribution is -0.117. The van der Waals surface area contributed by atoms with Crippen molar-refractivity contribution in [3.8, 4) is 0 Å². The summed E-state index contributed by atoms with van der Waals surface area (Å²) in [5.41, 5.74) is 1.20. The molecule has 0 spiro atoms. The van der Waals surface area contributed by atoms with Crippen molar-refractivity contribution in [1.29, 1.82) is 0 Å². The molecule has 2 aromatic carbocycles. The van der Waals surface area contributed by atoms with Crippen LogP contribution in [0.25, 0.3) is 0 Å². The predicted octanol–water partition coefficient (Wildman–Crippen LogP) is 4.50. The Morgan fingerprint density at radius 2 is 1.80 bits per heavy atom. The summed E-state index contributed by atoms with van der Waals surface area (Å²) < 4.78 is 18.0. The van der Waals surface area contributed by atoms with Crippen molar-refractivity contribution in [2.45, 2.75) is 6.42 Å². The monoisotopic (exact) mass is 538 g/mol. The van der Waals surface area contributed by atoms with Crippen LogP contribution in [0.15, 0.2) is 47.8 Å². The van der Waals surface area contributed by atoms with Crippen LogP contribution in [0.3, 0.4) is 0 Å². The number of rotatable bonds is 10. The Hall–Kier alpha value is -3.05. The second-order valence-electron chi connectivity index (χ2n) is 7.27. The zero-order valence-corrected chi connectivity index (χ0v) is 20.8. The smallest absolute Gasteiger partial charge is 0.254 e. The molecule has 184 valence electrons. The Morgan fingerprint density at radius 3 is 2.49 bits per heavy atom. The van der Waals surface area contributed by atoms with E-state index in [0.717, 1.165) is 11.3 Å². The molecule has 0 radical (unpaired) electrons. The Labute approximate surface area is 215 Å². The van der Waals surface area contributed by atoms with Crippen LogP contribution in [0.1, 0.15) is 16.1 Å². The molecule has 0 atom stereocenters. The average molecular weight is 539 g/mol. The van der Waals surface area contributed by atoms with Crippen molar-refractivity contribution in [2.75, 3.05) is 37.4 Å². The van der Waals surface area contributed by atoms with Gasteiger partial charge >= 0.3 is 0 Å². The number of hydrogen-bond acceptors (Lipinski definition) is 6. The van der Waals surface area contributed by atoms with Crippen molar-refractivity contribution in [2.24, 2.45) is 0 Å². The fourth-order valence-electron chi connectivity index (χ4n) is 2.95. The number of halogens is 3. The first-order chi connectivity index (χ1) is 16.7. The molecule has 3 amide bonds. The molecule has 8 nitrogen and oxygen atoms in total. The van der Waals surface area contributed by atoms with Gasteiger partial charge < -0.3 is 20.3 Å². The number of amides is 3. The van der Waals surface area contributed by atoms with Crippen molar-refractivity contribution in [1.82, 2.24) is 9.88 Å². The topological polar surface area (TPSA) is 101 Å². The average Bonchev–Trinajstić information content (AvgIpc) is 3.25. The molecule has 1 aromatic heterocycles. The normalized spacial score (nSPS) is 10.6. The minimum atomic E-state index is -0.467. The molecule has 3 rings (SSSR count). The summed E-state index contributed by atoms with van der Waals surface area (Å²) in [6.07, 6.45) is -0.0283. The summed E-state index contributed by atoms with van der Waals surface area (Å²) in [5.74, 6) is -1.61. The number of carbonyl (C=O) groups is 3. The molecule has 3 aromatic rings. The molecule has 12 heteroatoms. The van der Waals surface area contributed by atoms with Crippen LogP contribution in [0.4, 0.5) is 15.2 Å². The third-order valence-corrected chi connectivity index (χ3v) is 6.17. The molecular formula is C23H21Cl2FN4O4S. The SMILES string of the molecule is COCCN(CC(=O)Nc1nc(CC(=O)Nc2ccc(F)cc2)cs1)C(=O)c1ccc(Cl)c(Cl)c1. The molecule has 0 saturated carbocycles. The van der Waals surface area contributed by atoms with Gasteiger partial charge in [0.2, 0.25) is 11.8 Å². The van der Waals surface area contributed by atoms with Gasteiger partial charge in [-0.2, -0.15) is 0 Å². The van der Waals surface area contributed by atoms with E-state index in [9.17, 15) is 18.8 Å². The first-order valence-electron chi connectivity index (χ1n) is 10.3. The number of hydrogen-bond donors (Lipinski definition) is 2. The van der Waals surface area contributed by atoms with Gasteiger partial charge in [-0.05, 0) is 42.5 Å². The second-order valence-corrected chi connectivity index (χ2v) is 8.94. The zero-order chi connectivity index (χ0) is 25.4. The lowest BCUT2D eigenvalue weighted by Crippen LogP contribution is -2.40. The molecule has 0 aliphatic rings. The molecule has 0 bridgehead atoms. The van der Waals surface area contributed by atoms with Crippen LogP contribution < -0.4 is 10.6 Å². The van der Waals surface area contributed by atoms with Crippen molar-refractivity contribution >= 4 is 63.1 Å². The van der Waals surface area contributed by atoms with E-state index in [-0.39, 0.29) is 47.7 Å². The highest BCUT2D eigenvalue weighted by atomic mass is 35.5. The van der Waals surface area contributed by atoms with Crippen LogP contribution in [0.2, 0.25) is 10.0 Å². The number of carbonyl (C=O) groups excluding carboxylic acids is 3. The van der Waals surface area contributed by atoms with Gasteiger partial charge in [-0.3, -0.25) is 14.4 Å². The highest BCUT2D eigenvalue weighted by Gasteiger charge is 2.20. The summed E-state index contributed by atoms with van der Waals surface area (Å²) in [6.45, 7) is 0.156. The molecule has 1 heterocycles. The highest BCUT2D eigenvalue weighted by Crippen LogP contribution is 2.23. The van der Waals surface area contributed by atoms with E-state index in [4.69, 9.17) is 27.9 Å². The van der Waals surface area contributed by atoms with Gasteiger partial charge in [-0.25, -0.2) is 9.37 Å². The summed E-state index contributed by atoms with van der Waals surface area (Å²) in [6, 6.07) is 9.87. The lowest BCUT2D eigenvalue weighted by atomic mass is 10.2. The molecule has 0 fully saturated rings. The van der Waals surface area contributed by atoms with Crippen molar-refractivity contribution in [3.05, 3.63) is 75.0 Å². The minimum absolute atomic E-state index is 0.0283. The van der Waals surface area contributed by atoms with Gasteiger partial charge in [0.25, 0.3) is 5.91 Å². The van der Waals surface area contributed by atoms with E-state index in [1.807, 2.05) is 0 Å². The van der Waals surface area contributed by atoms with Gasteiger partial charge in [-0.1, -0.05) is 23.2 Å². The maximum Gasteiger partial charge on any atom is 0.254 e. The van der Waals surface area contributed by atoms with E-state index in [2.05, 4.69) is 15.6 Å². The lowest BCUT2D eigenvalue weighted by Gasteiger charge is -2.22. The number of methoxy groups -OCH3 is 1. The summed E-state index contributed by atoms with van der Waals surface area (Å²) in [5, 5.41) is 7.76. The zero-order valence-electron chi connectivity index (χ0n) is 18.5. The molecule has 0 unspecified atom stereocenters. The number of anilines is 2. The van der Waals surface area contributed by atoms with Gasteiger partial charge in [0.1, 0.15) is 12.4 Å². The molecule has 0 saturated heterocycles. The first-order valence-corrected chi connectivity index (χ1v) is 11.9. The van der Waals surface area contributed by atoms with Crippen LogP contribution in [-0.4, -0.2) is 54.4 Å².